The van der Waals surface area contributed by atoms with Crippen LogP contribution in [0, 0.1) is 0 Å². The van der Waals surface area contributed by atoms with E-state index < -0.39 is 0 Å². The fourth-order valence-electron chi connectivity index (χ4n) is 7.45. The van der Waals surface area contributed by atoms with E-state index in [0.29, 0.717) is 24.0 Å². The molecule has 0 amide bonds. The first-order chi connectivity index (χ1) is 19.7. The van der Waals surface area contributed by atoms with Crippen molar-refractivity contribution in [2.45, 2.75) is 175 Å². The van der Waals surface area contributed by atoms with Crippen LogP contribution in [0.15, 0.2) is 22.4 Å². The second kappa shape index (κ2) is 14.5. The number of hydrogen-bond donors (Lipinski definition) is 2. The van der Waals surface area contributed by atoms with E-state index in [-0.39, 0.29) is 28.2 Å². The third-order valence-electron chi connectivity index (χ3n) is 10.5. The van der Waals surface area contributed by atoms with Gasteiger partial charge in [-0.25, -0.2) is 0 Å². The molecular weight excluding hydrogens is 532 g/mol. The van der Waals surface area contributed by atoms with Crippen molar-refractivity contribution in [3.05, 3.63) is 12.4 Å². The van der Waals surface area contributed by atoms with Crippen LogP contribution in [0.25, 0.3) is 0 Å². The molecule has 2 fully saturated rings. The maximum absolute atomic E-state index is 6.93. The number of likely N-dealkylation sites (tertiary alicyclic amines) is 2. The average molecular weight is 603 g/mol. The van der Waals surface area contributed by atoms with Gasteiger partial charge in [-0.3, -0.25) is 9.80 Å². The van der Waals surface area contributed by atoms with Gasteiger partial charge < -0.3 is 20.9 Å². The molecule has 0 aromatic rings. The molecule has 43 heavy (non-hydrogen) atoms. The molecule has 0 saturated carbocycles. The lowest BCUT2D eigenvalue weighted by atomic mass is 9.77. The van der Waals surface area contributed by atoms with Crippen LogP contribution in [0.5, 0.6) is 0 Å². The largest absolute Gasteiger partial charge is 0.369 e. The van der Waals surface area contributed by atoms with Crippen molar-refractivity contribution in [1.82, 2.24) is 24.9 Å². The second-order valence-corrected chi connectivity index (χ2v) is 16.2. The Morgan fingerprint density at radius 3 is 1.51 bits per heavy atom. The summed E-state index contributed by atoms with van der Waals surface area (Å²) in [7, 11) is 4.52. The highest BCUT2D eigenvalue weighted by Crippen LogP contribution is 2.41. The van der Waals surface area contributed by atoms with Crippen molar-refractivity contribution in [2.24, 2.45) is 15.7 Å². The predicted octanol–water partition coefficient (Wildman–Crippen LogP) is 6.63. The van der Waals surface area contributed by atoms with Gasteiger partial charge in [-0.1, -0.05) is 33.3 Å². The average Bonchev–Trinajstić information content (AvgIpc) is 2.85. The lowest BCUT2D eigenvalue weighted by molar-refractivity contribution is -0.0409. The minimum Gasteiger partial charge on any atom is -0.369 e. The third-order valence-corrected chi connectivity index (χ3v) is 10.5. The normalized spacial score (nSPS) is 23.4. The molecule has 2 saturated heterocycles. The van der Waals surface area contributed by atoms with E-state index in [0.717, 1.165) is 70.3 Å². The summed E-state index contributed by atoms with van der Waals surface area (Å²) in [5.41, 5.74) is 7.22. The van der Waals surface area contributed by atoms with Crippen molar-refractivity contribution in [1.29, 1.82) is 0 Å². The van der Waals surface area contributed by atoms with Gasteiger partial charge in [0.2, 0.25) is 5.96 Å². The fourth-order valence-corrected chi connectivity index (χ4v) is 7.45. The van der Waals surface area contributed by atoms with E-state index in [4.69, 9.17) is 15.7 Å². The molecule has 8 nitrogen and oxygen atoms in total. The minimum absolute atomic E-state index is 0.0634. The zero-order chi connectivity index (χ0) is 33.0. The Labute approximate surface area is 266 Å². The number of nitrogens with two attached hydrogens (primary N) is 1. The summed E-state index contributed by atoms with van der Waals surface area (Å²) < 4.78 is 0. The lowest BCUT2D eigenvalue weighted by Crippen LogP contribution is -2.64. The van der Waals surface area contributed by atoms with Gasteiger partial charge in [0.15, 0.2) is 5.96 Å². The van der Waals surface area contributed by atoms with Crippen LogP contribution in [0.3, 0.4) is 0 Å². The first-order valence-corrected chi connectivity index (χ1v) is 17.1. The minimum atomic E-state index is 0.0634. The molecule has 2 aliphatic rings. The molecule has 250 valence electrons. The fraction of sp³-hybridized carbons (Fsp3) is 0.886. The Morgan fingerprint density at radius 2 is 1.14 bits per heavy atom. The van der Waals surface area contributed by atoms with E-state index in [2.05, 4.69) is 129 Å². The standard InChI is InChI=1S/C35H70N8/c1-16-18-20-42(28-22-32(6,7)40(14)33(8,9)23-28)27(5)38-31(37-26(3)4)39-30(36)43(21-19-17-2)29-24-34(10,11)41(15)35(12,13)25-29/h26,28-29H,5,16-25H2,1-4,6-15H3,(H3,36,37,38,39). The van der Waals surface area contributed by atoms with Crippen molar-refractivity contribution in [3.63, 3.8) is 0 Å². The maximum Gasteiger partial charge on any atom is 0.228 e. The zero-order valence-electron chi connectivity index (χ0n) is 30.8. The van der Waals surface area contributed by atoms with Gasteiger partial charge in [0.1, 0.15) is 5.82 Å². The van der Waals surface area contributed by atoms with E-state index in [1.165, 1.54) is 0 Å². The number of nitrogens with one attached hydrogen (secondary N) is 1. The van der Waals surface area contributed by atoms with Crippen LogP contribution in [-0.2, 0) is 0 Å². The van der Waals surface area contributed by atoms with Crippen molar-refractivity contribution < 1.29 is 0 Å². The monoisotopic (exact) mass is 603 g/mol. The van der Waals surface area contributed by atoms with Gasteiger partial charge in [0, 0.05) is 53.4 Å². The quantitative estimate of drug-likeness (QED) is 0.204. The topological polar surface area (TPSA) is 75.7 Å². The molecule has 3 N–H and O–H groups in total. The SMILES string of the molecule is C=C(/N=C(\N=C(/N)N(CCCC)C1CC(C)(C)N(C)C(C)(C)C1)NC(C)C)N(CCCC)C1CC(C)(C)N(C)C(C)(C)C1. The Balaban J connectivity index is 2.49. The van der Waals surface area contributed by atoms with Crippen LogP contribution in [0.2, 0.25) is 0 Å². The molecular formula is C35H70N8. The highest BCUT2D eigenvalue weighted by atomic mass is 15.4. The summed E-state index contributed by atoms with van der Waals surface area (Å²) in [5, 5.41) is 3.50. The van der Waals surface area contributed by atoms with Crippen molar-refractivity contribution in [3.8, 4) is 0 Å². The number of rotatable bonds is 11. The second-order valence-electron chi connectivity index (χ2n) is 16.2. The highest BCUT2D eigenvalue weighted by molar-refractivity contribution is 5.94. The molecule has 0 aliphatic carbocycles. The predicted molar refractivity (Wildman–Crippen MR) is 188 cm³/mol. The number of hydrogen-bond acceptors (Lipinski definition) is 4. The first-order valence-electron chi connectivity index (χ1n) is 17.1. The molecule has 2 rings (SSSR count). The van der Waals surface area contributed by atoms with Gasteiger partial charge in [0.05, 0.1) is 0 Å². The van der Waals surface area contributed by atoms with Crippen LogP contribution in [0.1, 0.15) is 134 Å². The van der Waals surface area contributed by atoms with Gasteiger partial charge in [-0.05, 0) is 122 Å². The van der Waals surface area contributed by atoms with Crippen molar-refractivity contribution >= 4 is 11.9 Å². The number of piperidine rings is 2. The van der Waals surface area contributed by atoms with Crippen LogP contribution < -0.4 is 11.1 Å². The Morgan fingerprint density at radius 1 is 0.767 bits per heavy atom. The Kier molecular flexibility index (Phi) is 12.6. The molecule has 2 aliphatic heterocycles. The van der Waals surface area contributed by atoms with E-state index in [9.17, 15) is 0 Å². The first kappa shape index (κ1) is 37.4. The number of nitrogens with zero attached hydrogens (tertiary/aromatic N) is 6. The third kappa shape index (κ3) is 9.59. The van der Waals surface area contributed by atoms with Gasteiger partial charge in [-0.15, -0.1) is 0 Å². The molecule has 0 bridgehead atoms. The summed E-state index contributed by atoms with van der Waals surface area (Å²) >= 11 is 0. The van der Waals surface area contributed by atoms with Gasteiger partial charge in [-0.2, -0.15) is 9.98 Å². The number of unbranched alkanes of at least 4 members (excludes halogenated alkanes) is 2. The van der Waals surface area contributed by atoms with E-state index in [1.807, 2.05) is 0 Å². The van der Waals surface area contributed by atoms with Crippen LogP contribution in [-0.4, -0.2) is 99.0 Å². The zero-order valence-corrected chi connectivity index (χ0v) is 30.8. The summed E-state index contributed by atoms with van der Waals surface area (Å²) in [6.07, 6.45) is 8.63. The molecule has 8 heteroatoms. The number of aliphatic imine (C=N–C) groups is 2. The molecule has 0 atom stereocenters. The van der Waals surface area contributed by atoms with E-state index >= 15 is 0 Å². The summed E-state index contributed by atoms with van der Waals surface area (Å²) in [4.78, 5) is 20.0. The van der Waals surface area contributed by atoms with Crippen LogP contribution >= 0.6 is 0 Å². The Hall–Kier alpha value is -1.80. The highest BCUT2D eigenvalue weighted by Gasteiger charge is 2.46. The smallest absolute Gasteiger partial charge is 0.228 e. The van der Waals surface area contributed by atoms with Crippen LogP contribution in [0.4, 0.5) is 0 Å². The Bertz CT molecular complexity index is 940. The molecule has 2 heterocycles. The molecule has 0 spiro atoms. The molecule has 0 radical (unpaired) electrons. The summed E-state index contributed by atoms with van der Waals surface area (Å²) in [6.45, 7) is 33.9. The number of guanidine groups is 2. The molecule has 0 aromatic carbocycles. The van der Waals surface area contributed by atoms with E-state index in [1.54, 1.807) is 0 Å². The van der Waals surface area contributed by atoms with Gasteiger partial charge >= 0.3 is 0 Å². The summed E-state index contributed by atoms with van der Waals surface area (Å²) in [6, 6.07) is 0.832. The maximum atomic E-state index is 6.93. The van der Waals surface area contributed by atoms with Gasteiger partial charge in [0.25, 0.3) is 0 Å². The lowest BCUT2D eigenvalue weighted by Gasteiger charge is -2.56. The molecule has 0 aromatic heterocycles. The summed E-state index contributed by atoms with van der Waals surface area (Å²) in [5.74, 6) is 1.88. The molecule has 0 unspecified atom stereocenters. The van der Waals surface area contributed by atoms with Crippen molar-refractivity contribution in [2.75, 3.05) is 27.2 Å².